The van der Waals surface area contributed by atoms with E-state index < -0.39 is 0 Å². The lowest BCUT2D eigenvalue weighted by atomic mass is 10.2. The summed E-state index contributed by atoms with van der Waals surface area (Å²) in [4.78, 5) is 17.0. The van der Waals surface area contributed by atoms with Gasteiger partial charge in [-0.3, -0.25) is 9.20 Å². The Balaban J connectivity index is 2.05. The van der Waals surface area contributed by atoms with Crippen molar-refractivity contribution in [1.82, 2.24) is 9.38 Å². The molecule has 23 heavy (non-hydrogen) atoms. The lowest BCUT2D eigenvalue weighted by molar-refractivity contribution is 0.102. The highest BCUT2D eigenvalue weighted by atomic mass is 79.9. The Morgan fingerprint density at radius 3 is 2.52 bits per heavy atom. The first-order valence-electron chi connectivity index (χ1n) is 6.47. The Morgan fingerprint density at radius 2 is 1.87 bits per heavy atom. The first kappa shape index (κ1) is 16.6. The number of carbonyl (C=O) groups excluding carboxylic acids is 1. The molecule has 0 bridgehead atoms. The monoisotopic (exact) mass is 431 g/mol. The fourth-order valence-corrected chi connectivity index (χ4v) is 3.49. The van der Waals surface area contributed by atoms with Crippen molar-refractivity contribution in [3.8, 4) is 0 Å². The first-order valence-corrected chi connectivity index (χ1v) is 8.39. The van der Waals surface area contributed by atoms with Crippen molar-refractivity contribution in [3.05, 3.63) is 61.4 Å². The van der Waals surface area contributed by atoms with Gasteiger partial charge in [-0.25, -0.2) is 4.98 Å². The lowest BCUT2D eigenvalue weighted by Gasteiger charge is -2.10. The molecule has 3 rings (SSSR count). The summed E-state index contributed by atoms with van der Waals surface area (Å²) < 4.78 is 2.53. The van der Waals surface area contributed by atoms with Crippen LogP contribution in [0.1, 0.15) is 16.2 Å². The van der Waals surface area contributed by atoms with Crippen LogP contribution in [0.25, 0.3) is 5.65 Å². The Hall–Kier alpha value is -1.27. The zero-order chi connectivity index (χ0) is 16.7. The molecule has 8 heteroatoms. The van der Waals surface area contributed by atoms with E-state index in [1.165, 1.54) is 12.1 Å². The highest BCUT2D eigenvalue weighted by Crippen LogP contribution is 2.34. The second-order valence-electron chi connectivity index (χ2n) is 4.82. The summed E-state index contributed by atoms with van der Waals surface area (Å²) in [6.45, 7) is 1.76. The maximum atomic E-state index is 12.7. The number of carbonyl (C=O) groups is 1. The van der Waals surface area contributed by atoms with Gasteiger partial charge < -0.3 is 5.32 Å². The number of halogens is 4. The average Bonchev–Trinajstić information content (AvgIpc) is 2.77. The van der Waals surface area contributed by atoms with Crippen LogP contribution in [0.4, 0.5) is 5.69 Å². The van der Waals surface area contributed by atoms with E-state index in [1.54, 1.807) is 17.5 Å². The van der Waals surface area contributed by atoms with Gasteiger partial charge in [0.15, 0.2) is 0 Å². The molecule has 1 N–H and O–H groups in total. The Morgan fingerprint density at radius 1 is 1.22 bits per heavy atom. The molecule has 2 aromatic heterocycles. The van der Waals surface area contributed by atoms with Crippen LogP contribution in [0.5, 0.6) is 0 Å². The van der Waals surface area contributed by atoms with Gasteiger partial charge in [-0.2, -0.15) is 0 Å². The first-order chi connectivity index (χ1) is 10.9. The van der Waals surface area contributed by atoms with E-state index in [1.807, 2.05) is 12.1 Å². The summed E-state index contributed by atoms with van der Waals surface area (Å²) in [6.07, 6.45) is 1.77. The standard InChI is InChI=1S/C15H9BrCl3N3O/c1-7-14(22-6-8(16)2-3-12(22)20-7)15(23)21-13-10(18)4-9(17)5-11(13)19/h2-6H,1H3,(H,21,23). The van der Waals surface area contributed by atoms with E-state index in [9.17, 15) is 4.79 Å². The van der Waals surface area contributed by atoms with Gasteiger partial charge in [-0.1, -0.05) is 34.8 Å². The van der Waals surface area contributed by atoms with Gasteiger partial charge in [-0.15, -0.1) is 0 Å². The van der Waals surface area contributed by atoms with Crippen LogP contribution in [0.15, 0.2) is 34.9 Å². The highest BCUT2D eigenvalue weighted by molar-refractivity contribution is 9.10. The molecule has 1 aromatic carbocycles. The second kappa shape index (κ2) is 6.32. The minimum atomic E-state index is -0.362. The fraction of sp³-hybridized carbons (Fsp3) is 0.0667. The van der Waals surface area contributed by atoms with E-state index in [0.717, 1.165) is 4.47 Å². The number of amides is 1. The number of fused-ring (bicyclic) bond motifs is 1. The summed E-state index contributed by atoms with van der Waals surface area (Å²) in [5.74, 6) is -0.362. The number of nitrogens with one attached hydrogen (secondary N) is 1. The third-order valence-corrected chi connectivity index (χ3v) is 4.50. The number of aryl methyl sites for hydroxylation is 1. The van der Waals surface area contributed by atoms with Crippen LogP contribution in [0, 0.1) is 6.92 Å². The molecule has 0 aliphatic heterocycles. The molecule has 4 nitrogen and oxygen atoms in total. The summed E-state index contributed by atoms with van der Waals surface area (Å²) in [5, 5.41) is 3.65. The molecule has 0 aliphatic rings. The quantitative estimate of drug-likeness (QED) is 0.570. The van der Waals surface area contributed by atoms with Crippen LogP contribution in [0.3, 0.4) is 0 Å². The number of anilines is 1. The normalized spacial score (nSPS) is 11.0. The number of benzene rings is 1. The van der Waals surface area contributed by atoms with Crippen LogP contribution in [-0.2, 0) is 0 Å². The Bertz CT molecular complexity index is 916. The molecule has 118 valence electrons. The molecule has 0 fully saturated rings. The van der Waals surface area contributed by atoms with E-state index in [2.05, 4.69) is 26.2 Å². The van der Waals surface area contributed by atoms with Crippen molar-refractivity contribution in [2.75, 3.05) is 5.32 Å². The van der Waals surface area contributed by atoms with Crippen molar-refractivity contribution in [1.29, 1.82) is 0 Å². The van der Waals surface area contributed by atoms with E-state index in [-0.39, 0.29) is 16.0 Å². The number of pyridine rings is 1. The van der Waals surface area contributed by atoms with Crippen LogP contribution in [0.2, 0.25) is 15.1 Å². The maximum Gasteiger partial charge on any atom is 0.274 e. The predicted octanol–water partition coefficient (Wildman–Crippen LogP) is 5.62. The minimum Gasteiger partial charge on any atom is -0.318 e. The maximum absolute atomic E-state index is 12.7. The van der Waals surface area contributed by atoms with Gasteiger partial charge in [0.05, 0.1) is 21.4 Å². The largest absolute Gasteiger partial charge is 0.318 e. The number of hydrogen-bond donors (Lipinski definition) is 1. The topological polar surface area (TPSA) is 46.4 Å². The molecule has 0 radical (unpaired) electrons. The number of aromatic nitrogens is 2. The van der Waals surface area contributed by atoms with Gasteiger partial charge in [0.2, 0.25) is 0 Å². The number of nitrogens with zero attached hydrogens (tertiary/aromatic N) is 2. The zero-order valence-corrected chi connectivity index (χ0v) is 15.6. The molecule has 0 saturated heterocycles. The predicted molar refractivity (Wildman–Crippen MR) is 97.1 cm³/mol. The Kier molecular flexibility index (Phi) is 4.56. The highest BCUT2D eigenvalue weighted by Gasteiger charge is 2.19. The van der Waals surface area contributed by atoms with Crippen LogP contribution in [-0.4, -0.2) is 15.3 Å². The summed E-state index contributed by atoms with van der Waals surface area (Å²) in [5.41, 5.74) is 1.99. The van der Waals surface area contributed by atoms with E-state index in [4.69, 9.17) is 34.8 Å². The number of imidazole rings is 1. The SMILES string of the molecule is Cc1nc2ccc(Br)cn2c1C(=O)Nc1c(Cl)cc(Cl)cc1Cl. The molecule has 0 aliphatic carbocycles. The zero-order valence-electron chi connectivity index (χ0n) is 11.7. The van der Waals surface area contributed by atoms with Gasteiger partial charge in [0, 0.05) is 15.7 Å². The molecular formula is C15H9BrCl3N3O. The van der Waals surface area contributed by atoms with Gasteiger partial charge >= 0.3 is 0 Å². The molecule has 0 atom stereocenters. The van der Waals surface area contributed by atoms with Crippen LogP contribution < -0.4 is 5.32 Å². The van der Waals surface area contributed by atoms with Crippen molar-refractivity contribution >= 4 is 68.0 Å². The smallest absolute Gasteiger partial charge is 0.274 e. The van der Waals surface area contributed by atoms with Gasteiger partial charge in [0.1, 0.15) is 11.3 Å². The van der Waals surface area contributed by atoms with E-state index >= 15 is 0 Å². The molecule has 1 amide bonds. The summed E-state index contributed by atoms with van der Waals surface area (Å²) in [6, 6.07) is 6.71. The van der Waals surface area contributed by atoms with Gasteiger partial charge in [-0.05, 0) is 47.1 Å². The molecule has 0 spiro atoms. The molecular weight excluding hydrogens is 424 g/mol. The van der Waals surface area contributed by atoms with Crippen molar-refractivity contribution in [2.45, 2.75) is 6.92 Å². The van der Waals surface area contributed by atoms with Crippen molar-refractivity contribution < 1.29 is 4.79 Å². The molecule has 0 unspecified atom stereocenters. The molecule has 0 saturated carbocycles. The summed E-state index contributed by atoms with van der Waals surface area (Å²) >= 11 is 21.5. The third-order valence-electron chi connectivity index (χ3n) is 3.22. The van der Waals surface area contributed by atoms with Crippen LogP contribution >= 0.6 is 50.7 Å². The number of hydrogen-bond acceptors (Lipinski definition) is 2. The third kappa shape index (κ3) is 3.19. The molecule has 3 aromatic rings. The Labute approximate surface area is 155 Å². The lowest BCUT2D eigenvalue weighted by Crippen LogP contribution is -2.16. The second-order valence-corrected chi connectivity index (χ2v) is 6.99. The fourth-order valence-electron chi connectivity index (χ4n) is 2.24. The van der Waals surface area contributed by atoms with Gasteiger partial charge in [0.25, 0.3) is 5.91 Å². The number of rotatable bonds is 2. The van der Waals surface area contributed by atoms with E-state index in [0.29, 0.717) is 27.7 Å². The average molecular weight is 434 g/mol. The summed E-state index contributed by atoms with van der Waals surface area (Å²) in [7, 11) is 0. The molecule has 2 heterocycles. The van der Waals surface area contributed by atoms with Crippen molar-refractivity contribution in [2.24, 2.45) is 0 Å². The van der Waals surface area contributed by atoms with Crippen molar-refractivity contribution in [3.63, 3.8) is 0 Å². The minimum absolute atomic E-state index is 0.267.